The lowest BCUT2D eigenvalue weighted by Crippen LogP contribution is -2.15. The molecule has 1 aromatic heterocycles. The molecule has 0 spiro atoms. The summed E-state index contributed by atoms with van der Waals surface area (Å²) in [6.07, 6.45) is 1.01. The summed E-state index contributed by atoms with van der Waals surface area (Å²) >= 11 is 1.75. The van der Waals surface area contributed by atoms with Crippen molar-refractivity contribution >= 4 is 22.1 Å². The minimum atomic E-state index is 1.00. The Morgan fingerprint density at radius 3 is 2.80 bits per heavy atom. The molecule has 0 aliphatic carbocycles. The van der Waals surface area contributed by atoms with Crippen LogP contribution >= 0.6 is 11.3 Å². The van der Waals surface area contributed by atoms with Gasteiger partial charge in [-0.15, -0.1) is 11.3 Å². The monoisotopic (exact) mass is 282 g/mol. The Balaban J connectivity index is 1.83. The summed E-state index contributed by atoms with van der Waals surface area (Å²) in [4.78, 5) is 4.74. The zero-order valence-corrected chi connectivity index (χ0v) is 12.4. The van der Waals surface area contributed by atoms with Gasteiger partial charge < -0.3 is 5.32 Å². The highest BCUT2D eigenvalue weighted by atomic mass is 32.1. The average Bonchev–Trinajstić information content (AvgIpc) is 2.96. The van der Waals surface area contributed by atoms with Gasteiger partial charge in [0.1, 0.15) is 0 Å². The smallest absolute Gasteiger partial charge is 0.0945 e. The van der Waals surface area contributed by atoms with Gasteiger partial charge in [-0.1, -0.05) is 43.3 Å². The van der Waals surface area contributed by atoms with Crippen molar-refractivity contribution < 1.29 is 0 Å². The number of likely N-dealkylation sites (N-methyl/N-ethyl adjacent to an activating group) is 1. The largest absolute Gasteiger partial charge is 0.317 e. The van der Waals surface area contributed by atoms with E-state index in [1.807, 2.05) is 0 Å². The van der Waals surface area contributed by atoms with Crippen LogP contribution < -0.4 is 5.32 Å². The van der Waals surface area contributed by atoms with Gasteiger partial charge in [-0.25, -0.2) is 4.98 Å². The van der Waals surface area contributed by atoms with Crippen LogP contribution in [0.4, 0.5) is 0 Å². The number of aromatic nitrogens is 1. The van der Waals surface area contributed by atoms with E-state index in [0.29, 0.717) is 0 Å². The molecule has 0 atom stereocenters. The van der Waals surface area contributed by atoms with Gasteiger partial charge in [-0.3, -0.25) is 0 Å². The minimum Gasteiger partial charge on any atom is -0.317 e. The SMILES string of the molecule is CCNCCc1nc(-c2ccc3ccccc3c2)cs1. The van der Waals surface area contributed by atoms with Gasteiger partial charge in [-0.2, -0.15) is 0 Å². The molecule has 1 heterocycles. The highest BCUT2D eigenvalue weighted by Crippen LogP contribution is 2.25. The van der Waals surface area contributed by atoms with Crippen LogP contribution in [-0.4, -0.2) is 18.1 Å². The number of nitrogens with one attached hydrogen (secondary N) is 1. The van der Waals surface area contributed by atoms with Gasteiger partial charge in [0.2, 0.25) is 0 Å². The third-order valence-electron chi connectivity index (χ3n) is 3.36. The van der Waals surface area contributed by atoms with Gasteiger partial charge in [0.15, 0.2) is 0 Å². The van der Waals surface area contributed by atoms with E-state index in [9.17, 15) is 0 Å². The number of rotatable bonds is 5. The second-order valence-electron chi connectivity index (χ2n) is 4.79. The minimum absolute atomic E-state index is 1.00. The Morgan fingerprint density at radius 2 is 1.95 bits per heavy atom. The molecular formula is C17H18N2S. The lowest BCUT2D eigenvalue weighted by molar-refractivity contribution is 0.714. The maximum atomic E-state index is 4.74. The third-order valence-corrected chi connectivity index (χ3v) is 4.27. The topological polar surface area (TPSA) is 24.9 Å². The molecule has 102 valence electrons. The Labute approximate surface area is 123 Å². The fraction of sp³-hybridized carbons (Fsp3) is 0.235. The Morgan fingerprint density at radius 1 is 1.10 bits per heavy atom. The Kier molecular flexibility index (Phi) is 4.09. The number of hydrogen-bond donors (Lipinski definition) is 1. The van der Waals surface area contributed by atoms with E-state index < -0.39 is 0 Å². The number of benzene rings is 2. The lowest BCUT2D eigenvalue weighted by Gasteiger charge is -2.01. The first-order valence-electron chi connectivity index (χ1n) is 7.01. The summed E-state index contributed by atoms with van der Waals surface area (Å²) in [7, 11) is 0. The van der Waals surface area contributed by atoms with Crippen molar-refractivity contribution in [3.63, 3.8) is 0 Å². The number of hydrogen-bond acceptors (Lipinski definition) is 3. The Bertz CT molecular complexity index is 703. The molecule has 3 aromatic rings. The van der Waals surface area contributed by atoms with Crippen LogP contribution in [0.3, 0.4) is 0 Å². The molecule has 0 saturated heterocycles. The van der Waals surface area contributed by atoms with E-state index in [1.54, 1.807) is 11.3 Å². The maximum absolute atomic E-state index is 4.74. The van der Waals surface area contributed by atoms with Crippen LogP contribution in [0, 0.1) is 0 Å². The maximum Gasteiger partial charge on any atom is 0.0945 e. The van der Waals surface area contributed by atoms with Crippen LogP contribution in [-0.2, 0) is 6.42 Å². The van der Waals surface area contributed by atoms with Crippen molar-refractivity contribution in [1.82, 2.24) is 10.3 Å². The van der Waals surface area contributed by atoms with Crippen molar-refractivity contribution in [2.45, 2.75) is 13.3 Å². The van der Waals surface area contributed by atoms with E-state index in [4.69, 9.17) is 4.98 Å². The fourth-order valence-corrected chi connectivity index (χ4v) is 3.09. The zero-order valence-electron chi connectivity index (χ0n) is 11.6. The van der Waals surface area contributed by atoms with Crippen molar-refractivity contribution in [3.05, 3.63) is 52.9 Å². The summed E-state index contributed by atoms with van der Waals surface area (Å²) in [5.41, 5.74) is 2.29. The van der Waals surface area contributed by atoms with Gasteiger partial charge in [0.05, 0.1) is 10.7 Å². The number of nitrogens with zero attached hydrogens (tertiary/aromatic N) is 1. The predicted octanol–water partition coefficient (Wildman–Crippen LogP) is 4.12. The van der Waals surface area contributed by atoms with E-state index in [-0.39, 0.29) is 0 Å². The standard InChI is InChI=1S/C17H18N2S/c1-2-18-10-9-17-19-16(12-20-17)15-8-7-13-5-3-4-6-14(13)11-15/h3-8,11-12,18H,2,9-10H2,1H3. The van der Waals surface area contributed by atoms with Crippen LogP contribution in [0.2, 0.25) is 0 Å². The van der Waals surface area contributed by atoms with E-state index in [2.05, 4.69) is 60.1 Å². The third kappa shape index (κ3) is 2.89. The Hall–Kier alpha value is -1.71. The van der Waals surface area contributed by atoms with Crippen molar-refractivity contribution in [1.29, 1.82) is 0 Å². The van der Waals surface area contributed by atoms with Crippen LogP contribution in [0.15, 0.2) is 47.8 Å². The molecule has 0 fully saturated rings. The molecule has 0 amide bonds. The summed E-state index contributed by atoms with van der Waals surface area (Å²) < 4.78 is 0. The van der Waals surface area contributed by atoms with Crippen molar-refractivity contribution in [2.75, 3.05) is 13.1 Å². The molecule has 3 rings (SSSR count). The molecule has 0 aliphatic heterocycles. The molecule has 0 saturated carbocycles. The predicted molar refractivity (Wildman–Crippen MR) is 87.3 cm³/mol. The molecule has 3 heteroatoms. The highest BCUT2D eigenvalue weighted by molar-refractivity contribution is 7.09. The molecule has 1 N–H and O–H groups in total. The van der Waals surface area contributed by atoms with E-state index in [0.717, 1.165) is 25.2 Å². The molecule has 20 heavy (non-hydrogen) atoms. The molecule has 0 radical (unpaired) electrons. The van der Waals surface area contributed by atoms with Gasteiger partial charge in [0.25, 0.3) is 0 Å². The molecule has 2 aromatic carbocycles. The number of thiazole rings is 1. The second kappa shape index (κ2) is 6.16. The molecule has 0 unspecified atom stereocenters. The summed E-state index contributed by atoms with van der Waals surface area (Å²) in [5.74, 6) is 0. The summed E-state index contributed by atoms with van der Waals surface area (Å²) in [5, 5.41) is 9.24. The molecule has 0 bridgehead atoms. The summed E-state index contributed by atoms with van der Waals surface area (Å²) in [6, 6.07) is 15.0. The van der Waals surface area contributed by atoms with Gasteiger partial charge in [-0.05, 0) is 23.4 Å². The first-order valence-corrected chi connectivity index (χ1v) is 7.89. The van der Waals surface area contributed by atoms with Crippen LogP contribution in [0.5, 0.6) is 0 Å². The first kappa shape index (κ1) is 13.3. The van der Waals surface area contributed by atoms with Gasteiger partial charge in [0, 0.05) is 23.9 Å². The van der Waals surface area contributed by atoms with E-state index in [1.165, 1.54) is 21.3 Å². The van der Waals surface area contributed by atoms with Gasteiger partial charge >= 0.3 is 0 Å². The molecular weight excluding hydrogens is 264 g/mol. The lowest BCUT2D eigenvalue weighted by atomic mass is 10.1. The normalized spacial score (nSPS) is 11.1. The summed E-state index contributed by atoms with van der Waals surface area (Å²) in [6.45, 7) is 4.15. The number of fused-ring (bicyclic) bond motifs is 1. The van der Waals surface area contributed by atoms with Crippen LogP contribution in [0.25, 0.3) is 22.0 Å². The van der Waals surface area contributed by atoms with Crippen LogP contribution in [0.1, 0.15) is 11.9 Å². The fourth-order valence-electron chi connectivity index (χ4n) is 2.28. The first-order chi connectivity index (χ1) is 9.86. The molecule has 0 aliphatic rings. The van der Waals surface area contributed by atoms with Crippen molar-refractivity contribution in [3.8, 4) is 11.3 Å². The highest BCUT2D eigenvalue weighted by Gasteiger charge is 2.05. The average molecular weight is 282 g/mol. The second-order valence-corrected chi connectivity index (χ2v) is 5.73. The van der Waals surface area contributed by atoms with E-state index >= 15 is 0 Å². The quantitative estimate of drug-likeness (QED) is 0.712. The molecule has 2 nitrogen and oxygen atoms in total. The van der Waals surface area contributed by atoms with Crippen molar-refractivity contribution in [2.24, 2.45) is 0 Å². The zero-order chi connectivity index (χ0) is 13.8.